The lowest BCUT2D eigenvalue weighted by atomic mass is 10.1. The van der Waals surface area contributed by atoms with E-state index in [2.05, 4.69) is 11.4 Å². The van der Waals surface area contributed by atoms with Crippen LogP contribution >= 0.6 is 0 Å². The SMILES string of the molecule is c1ccc2c(c1)NCC1(CC1)CO2. The first kappa shape index (κ1) is 7.25. The molecule has 1 aliphatic carbocycles. The molecule has 0 unspecified atom stereocenters. The molecule has 3 rings (SSSR count). The second-order valence-electron chi connectivity index (χ2n) is 4.14. The van der Waals surface area contributed by atoms with Gasteiger partial charge in [-0.15, -0.1) is 0 Å². The molecule has 0 amide bonds. The molecule has 1 aromatic carbocycles. The summed E-state index contributed by atoms with van der Waals surface area (Å²) in [6.07, 6.45) is 2.63. The van der Waals surface area contributed by atoms with E-state index in [0.29, 0.717) is 5.41 Å². The van der Waals surface area contributed by atoms with Crippen molar-refractivity contribution in [3.8, 4) is 5.75 Å². The van der Waals surface area contributed by atoms with Crippen LogP contribution in [0.5, 0.6) is 5.75 Å². The topological polar surface area (TPSA) is 21.3 Å². The molecule has 1 aromatic rings. The molecule has 0 aromatic heterocycles. The van der Waals surface area contributed by atoms with E-state index in [1.807, 2.05) is 18.2 Å². The summed E-state index contributed by atoms with van der Waals surface area (Å²) in [6, 6.07) is 8.17. The molecule has 1 spiro atoms. The minimum Gasteiger partial charge on any atom is -0.491 e. The van der Waals surface area contributed by atoms with Gasteiger partial charge in [0.1, 0.15) is 5.75 Å². The van der Waals surface area contributed by atoms with E-state index in [1.165, 1.54) is 12.8 Å². The maximum atomic E-state index is 5.76. The van der Waals surface area contributed by atoms with Gasteiger partial charge in [-0.25, -0.2) is 0 Å². The van der Waals surface area contributed by atoms with E-state index < -0.39 is 0 Å². The number of fused-ring (bicyclic) bond motifs is 1. The van der Waals surface area contributed by atoms with Crippen LogP contribution in [0.1, 0.15) is 12.8 Å². The van der Waals surface area contributed by atoms with Crippen LogP contribution in [0.3, 0.4) is 0 Å². The second kappa shape index (κ2) is 2.41. The van der Waals surface area contributed by atoms with E-state index in [9.17, 15) is 0 Å². The van der Waals surface area contributed by atoms with E-state index in [4.69, 9.17) is 4.74 Å². The average molecular weight is 175 g/mol. The zero-order valence-corrected chi connectivity index (χ0v) is 7.55. The molecular formula is C11H13NO. The van der Waals surface area contributed by atoms with Gasteiger partial charge in [-0.2, -0.15) is 0 Å². The van der Waals surface area contributed by atoms with Crippen LogP contribution in [0.15, 0.2) is 24.3 Å². The lowest BCUT2D eigenvalue weighted by Gasteiger charge is -2.09. The highest BCUT2D eigenvalue weighted by atomic mass is 16.5. The minimum atomic E-state index is 0.457. The van der Waals surface area contributed by atoms with Crippen molar-refractivity contribution in [1.29, 1.82) is 0 Å². The Morgan fingerprint density at radius 2 is 2.08 bits per heavy atom. The van der Waals surface area contributed by atoms with Crippen LogP contribution in [0.4, 0.5) is 5.69 Å². The van der Waals surface area contributed by atoms with Crippen molar-refractivity contribution in [2.75, 3.05) is 18.5 Å². The molecule has 0 atom stereocenters. The Bertz CT molecular complexity index is 302. The second-order valence-corrected chi connectivity index (χ2v) is 4.14. The van der Waals surface area contributed by atoms with Crippen LogP contribution in [0.25, 0.3) is 0 Å². The third kappa shape index (κ3) is 1.17. The summed E-state index contributed by atoms with van der Waals surface area (Å²) in [5, 5.41) is 3.45. The Labute approximate surface area is 77.9 Å². The highest BCUT2D eigenvalue weighted by Crippen LogP contribution is 2.48. The summed E-state index contributed by atoms with van der Waals surface area (Å²) >= 11 is 0. The van der Waals surface area contributed by atoms with Crippen molar-refractivity contribution < 1.29 is 4.74 Å². The maximum Gasteiger partial charge on any atom is 0.142 e. The van der Waals surface area contributed by atoms with Gasteiger partial charge in [-0.3, -0.25) is 0 Å². The maximum absolute atomic E-state index is 5.76. The number of rotatable bonds is 0. The molecule has 1 aliphatic heterocycles. The molecule has 68 valence electrons. The molecule has 0 saturated heterocycles. The molecular weight excluding hydrogens is 162 g/mol. The number of para-hydroxylation sites is 2. The Morgan fingerprint density at radius 1 is 1.23 bits per heavy atom. The lowest BCUT2D eigenvalue weighted by Crippen LogP contribution is -2.18. The first-order chi connectivity index (χ1) is 6.38. The largest absolute Gasteiger partial charge is 0.491 e. The predicted octanol–water partition coefficient (Wildman–Crippen LogP) is 2.27. The third-order valence-corrected chi connectivity index (χ3v) is 3.03. The number of benzene rings is 1. The smallest absolute Gasteiger partial charge is 0.142 e. The predicted molar refractivity (Wildman–Crippen MR) is 52.1 cm³/mol. The summed E-state index contributed by atoms with van der Waals surface area (Å²) in [5.41, 5.74) is 1.60. The zero-order valence-electron chi connectivity index (χ0n) is 7.55. The van der Waals surface area contributed by atoms with Crippen LogP contribution in [-0.2, 0) is 0 Å². The van der Waals surface area contributed by atoms with E-state index in [1.54, 1.807) is 0 Å². The molecule has 13 heavy (non-hydrogen) atoms. The van der Waals surface area contributed by atoms with Gasteiger partial charge in [0, 0.05) is 12.0 Å². The summed E-state index contributed by atoms with van der Waals surface area (Å²) in [5.74, 6) is 1.01. The fourth-order valence-electron chi connectivity index (χ4n) is 1.80. The third-order valence-electron chi connectivity index (χ3n) is 3.03. The summed E-state index contributed by atoms with van der Waals surface area (Å²) in [4.78, 5) is 0. The Balaban J connectivity index is 1.92. The van der Waals surface area contributed by atoms with Gasteiger partial charge < -0.3 is 10.1 Å². The van der Waals surface area contributed by atoms with Gasteiger partial charge in [0.25, 0.3) is 0 Å². The Kier molecular flexibility index (Phi) is 1.34. The van der Waals surface area contributed by atoms with Crippen molar-refractivity contribution in [3.63, 3.8) is 0 Å². The highest BCUT2D eigenvalue weighted by Gasteiger charge is 2.44. The first-order valence-corrected chi connectivity index (χ1v) is 4.84. The average Bonchev–Trinajstić information content (AvgIpc) is 2.96. The molecule has 2 nitrogen and oxygen atoms in total. The standard InChI is InChI=1S/C11H13NO/c1-2-4-10-9(3-1)12-7-11(5-6-11)8-13-10/h1-4,12H,5-8H2. The van der Waals surface area contributed by atoms with Gasteiger partial charge in [0.05, 0.1) is 12.3 Å². The number of hydrogen-bond acceptors (Lipinski definition) is 2. The van der Waals surface area contributed by atoms with Crippen molar-refractivity contribution in [2.24, 2.45) is 5.41 Å². The quantitative estimate of drug-likeness (QED) is 0.653. The normalized spacial score (nSPS) is 22.5. The summed E-state index contributed by atoms with van der Waals surface area (Å²) in [7, 11) is 0. The van der Waals surface area contributed by atoms with Gasteiger partial charge in [0.15, 0.2) is 0 Å². The lowest BCUT2D eigenvalue weighted by molar-refractivity contribution is 0.251. The molecule has 0 radical (unpaired) electrons. The first-order valence-electron chi connectivity index (χ1n) is 4.84. The van der Waals surface area contributed by atoms with Gasteiger partial charge in [-0.05, 0) is 25.0 Å². The van der Waals surface area contributed by atoms with E-state index >= 15 is 0 Å². The number of nitrogens with one attached hydrogen (secondary N) is 1. The van der Waals surface area contributed by atoms with Gasteiger partial charge in [0.2, 0.25) is 0 Å². The van der Waals surface area contributed by atoms with Crippen molar-refractivity contribution in [3.05, 3.63) is 24.3 Å². The van der Waals surface area contributed by atoms with Gasteiger partial charge >= 0.3 is 0 Å². The van der Waals surface area contributed by atoms with Crippen LogP contribution in [-0.4, -0.2) is 13.2 Å². The zero-order chi connectivity index (χ0) is 8.73. The van der Waals surface area contributed by atoms with Crippen molar-refractivity contribution in [2.45, 2.75) is 12.8 Å². The molecule has 2 heteroatoms. The number of hydrogen-bond donors (Lipinski definition) is 1. The van der Waals surface area contributed by atoms with Crippen molar-refractivity contribution in [1.82, 2.24) is 0 Å². The number of ether oxygens (including phenoxy) is 1. The Morgan fingerprint density at radius 3 is 2.92 bits per heavy atom. The van der Waals surface area contributed by atoms with Crippen LogP contribution in [0.2, 0.25) is 0 Å². The highest BCUT2D eigenvalue weighted by molar-refractivity contribution is 5.57. The Hall–Kier alpha value is -1.18. The molecule has 1 N–H and O–H groups in total. The minimum absolute atomic E-state index is 0.457. The molecule has 1 saturated carbocycles. The van der Waals surface area contributed by atoms with Gasteiger partial charge in [-0.1, -0.05) is 12.1 Å². The summed E-state index contributed by atoms with van der Waals surface area (Å²) in [6.45, 7) is 1.96. The van der Waals surface area contributed by atoms with Crippen LogP contribution in [0, 0.1) is 5.41 Å². The molecule has 2 aliphatic rings. The fourth-order valence-corrected chi connectivity index (χ4v) is 1.80. The van der Waals surface area contributed by atoms with Crippen LogP contribution < -0.4 is 10.1 Å². The fraction of sp³-hybridized carbons (Fsp3) is 0.455. The number of anilines is 1. The molecule has 0 bridgehead atoms. The van der Waals surface area contributed by atoms with Crippen molar-refractivity contribution >= 4 is 5.69 Å². The molecule has 1 fully saturated rings. The van der Waals surface area contributed by atoms with E-state index in [-0.39, 0.29) is 0 Å². The summed E-state index contributed by atoms with van der Waals surface area (Å²) < 4.78 is 5.76. The molecule has 1 heterocycles. The van der Waals surface area contributed by atoms with E-state index in [0.717, 1.165) is 24.6 Å². The monoisotopic (exact) mass is 175 g/mol.